The van der Waals surface area contributed by atoms with Gasteiger partial charge >= 0.3 is 0 Å². The fourth-order valence-corrected chi connectivity index (χ4v) is 2.49. The number of benzene rings is 2. The Kier molecular flexibility index (Phi) is 4.07. The van der Waals surface area contributed by atoms with Gasteiger partial charge in [-0.1, -0.05) is 48.5 Å². The van der Waals surface area contributed by atoms with Crippen molar-refractivity contribution in [2.75, 3.05) is 18.0 Å². The lowest BCUT2D eigenvalue weighted by Gasteiger charge is -2.25. The Morgan fingerprint density at radius 1 is 0.952 bits per heavy atom. The van der Waals surface area contributed by atoms with Crippen molar-refractivity contribution in [2.45, 2.75) is 6.54 Å². The fourth-order valence-electron chi connectivity index (χ4n) is 2.49. The van der Waals surface area contributed by atoms with Gasteiger partial charge in [0.1, 0.15) is 0 Å². The molecule has 0 radical (unpaired) electrons. The van der Waals surface area contributed by atoms with E-state index < -0.39 is 0 Å². The summed E-state index contributed by atoms with van der Waals surface area (Å²) in [5.74, 6) is 0. The molecule has 0 aliphatic carbocycles. The van der Waals surface area contributed by atoms with Gasteiger partial charge in [-0.25, -0.2) is 0 Å². The zero-order valence-electron chi connectivity index (χ0n) is 11.8. The maximum absolute atomic E-state index is 5.79. The van der Waals surface area contributed by atoms with Crippen LogP contribution in [0.1, 0.15) is 5.56 Å². The number of hydrogen-bond donors (Lipinski definition) is 1. The van der Waals surface area contributed by atoms with Crippen LogP contribution in [0.4, 0.5) is 5.69 Å². The predicted molar refractivity (Wildman–Crippen MR) is 86.1 cm³/mol. The first-order valence-electron chi connectivity index (χ1n) is 7.08. The van der Waals surface area contributed by atoms with Gasteiger partial charge in [-0.15, -0.1) is 0 Å². The summed E-state index contributed by atoms with van der Waals surface area (Å²) in [6, 6.07) is 18.4. The number of anilines is 1. The van der Waals surface area contributed by atoms with Gasteiger partial charge in [0, 0.05) is 25.0 Å². The van der Waals surface area contributed by atoms with Gasteiger partial charge in [0.25, 0.3) is 0 Å². The Labute approximate surface area is 124 Å². The van der Waals surface area contributed by atoms with Crippen LogP contribution in [0.3, 0.4) is 0 Å². The van der Waals surface area contributed by atoms with Gasteiger partial charge in [0.2, 0.25) is 0 Å². The van der Waals surface area contributed by atoms with E-state index in [2.05, 4.69) is 45.4 Å². The molecule has 3 rings (SSSR count). The van der Waals surface area contributed by atoms with E-state index in [1.165, 1.54) is 5.56 Å². The van der Waals surface area contributed by atoms with Crippen molar-refractivity contribution in [3.8, 4) is 0 Å². The second kappa shape index (κ2) is 6.33. The average Bonchev–Trinajstić information content (AvgIpc) is 2.55. The first-order chi connectivity index (χ1) is 10.4. The minimum atomic E-state index is 0.601. The highest BCUT2D eigenvalue weighted by Gasteiger charge is 2.11. The molecule has 0 saturated heterocycles. The van der Waals surface area contributed by atoms with Gasteiger partial charge < -0.3 is 10.6 Å². The van der Waals surface area contributed by atoms with E-state index in [9.17, 15) is 0 Å². The molecule has 0 bridgehead atoms. The van der Waals surface area contributed by atoms with Gasteiger partial charge in [-0.3, -0.25) is 0 Å². The third kappa shape index (κ3) is 3.01. The molecule has 2 aromatic carbocycles. The summed E-state index contributed by atoms with van der Waals surface area (Å²) >= 11 is 0. The molecule has 0 unspecified atom stereocenters. The average molecular weight is 278 g/mol. The van der Waals surface area contributed by atoms with Gasteiger partial charge in [0.15, 0.2) is 0 Å². The molecule has 0 aliphatic heterocycles. The van der Waals surface area contributed by atoms with Crippen molar-refractivity contribution in [3.63, 3.8) is 0 Å². The van der Waals surface area contributed by atoms with Crippen LogP contribution in [0.15, 0.2) is 60.8 Å². The highest BCUT2D eigenvalue weighted by atomic mass is 15.2. The molecule has 0 saturated carbocycles. The van der Waals surface area contributed by atoms with Crippen molar-refractivity contribution < 1.29 is 0 Å². The molecule has 106 valence electrons. The summed E-state index contributed by atoms with van der Waals surface area (Å²) in [6.45, 7) is 2.20. The minimum absolute atomic E-state index is 0.601. The molecule has 3 aromatic rings. The fraction of sp³-hybridized carbons (Fsp3) is 0.176. The Bertz CT molecular complexity index is 707. The molecule has 1 aromatic heterocycles. The lowest BCUT2D eigenvalue weighted by Crippen LogP contribution is -2.29. The van der Waals surface area contributed by atoms with Crippen molar-refractivity contribution in [2.24, 2.45) is 5.73 Å². The third-order valence-corrected chi connectivity index (χ3v) is 3.48. The van der Waals surface area contributed by atoms with Gasteiger partial charge in [-0.05, 0) is 11.6 Å². The Balaban J connectivity index is 1.99. The van der Waals surface area contributed by atoms with Crippen LogP contribution in [0, 0.1) is 0 Å². The van der Waals surface area contributed by atoms with Crippen LogP contribution < -0.4 is 10.6 Å². The van der Waals surface area contributed by atoms with Crippen molar-refractivity contribution >= 4 is 16.6 Å². The van der Waals surface area contributed by atoms with Crippen LogP contribution in [-0.2, 0) is 6.54 Å². The first kappa shape index (κ1) is 13.5. The van der Waals surface area contributed by atoms with E-state index in [0.29, 0.717) is 6.54 Å². The van der Waals surface area contributed by atoms with Crippen LogP contribution >= 0.6 is 0 Å². The zero-order valence-corrected chi connectivity index (χ0v) is 11.8. The SMILES string of the molecule is NCCN(Cc1ccccc1)c1cnnc2ccccc12. The second-order valence-corrected chi connectivity index (χ2v) is 4.94. The molecule has 1 heterocycles. The summed E-state index contributed by atoms with van der Waals surface area (Å²) in [6.07, 6.45) is 1.82. The van der Waals surface area contributed by atoms with Crippen molar-refractivity contribution in [1.29, 1.82) is 0 Å². The van der Waals surface area contributed by atoms with E-state index in [4.69, 9.17) is 5.73 Å². The highest BCUT2D eigenvalue weighted by Crippen LogP contribution is 2.25. The minimum Gasteiger partial charge on any atom is -0.364 e. The lowest BCUT2D eigenvalue weighted by atomic mass is 10.1. The van der Waals surface area contributed by atoms with Gasteiger partial charge in [0.05, 0.1) is 17.4 Å². The molecular weight excluding hydrogens is 260 g/mol. The number of rotatable bonds is 5. The van der Waals surface area contributed by atoms with E-state index >= 15 is 0 Å². The lowest BCUT2D eigenvalue weighted by molar-refractivity contribution is 0.789. The molecule has 0 atom stereocenters. The number of fused-ring (bicyclic) bond motifs is 1. The molecule has 21 heavy (non-hydrogen) atoms. The predicted octanol–water partition coefficient (Wildman–Crippen LogP) is 2.60. The largest absolute Gasteiger partial charge is 0.364 e. The summed E-state index contributed by atoms with van der Waals surface area (Å²) in [7, 11) is 0. The summed E-state index contributed by atoms with van der Waals surface area (Å²) in [4.78, 5) is 2.26. The maximum atomic E-state index is 5.79. The molecule has 0 fully saturated rings. The Morgan fingerprint density at radius 2 is 1.71 bits per heavy atom. The van der Waals surface area contributed by atoms with E-state index in [1.807, 2.05) is 30.5 Å². The normalized spacial score (nSPS) is 10.7. The monoisotopic (exact) mass is 278 g/mol. The molecule has 0 amide bonds. The van der Waals surface area contributed by atoms with E-state index in [0.717, 1.165) is 29.7 Å². The Morgan fingerprint density at radius 3 is 2.52 bits per heavy atom. The maximum Gasteiger partial charge on any atom is 0.0950 e. The topological polar surface area (TPSA) is 55.0 Å². The smallest absolute Gasteiger partial charge is 0.0950 e. The molecule has 0 aliphatic rings. The number of hydrogen-bond acceptors (Lipinski definition) is 4. The number of aromatic nitrogens is 2. The standard InChI is InChI=1S/C17H18N4/c18-10-11-21(13-14-6-2-1-3-7-14)17-12-19-20-16-9-5-4-8-15(16)17/h1-9,12H,10-11,13,18H2. The quantitative estimate of drug-likeness (QED) is 0.779. The molecule has 0 spiro atoms. The van der Waals surface area contributed by atoms with E-state index in [1.54, 1.807) is 0 Å². The van der Waals surface area contributed by atoms with Crippen LogP contribution in [0.2, 0.25) is 0 Å². The highest BCUT2D eigenvalue weighted by molar-refractivity contribution is 5.90. The van der Waals surface area contributed by atoms with Crippen LogP contribution in [0.5, 0.6) is 0 Å². The van der Waals surface area contributed by atoms with Crippen molar-refractivity contribution in [1.82, 2.24) is 10.2 Å². The second-order valence-electron chi connectivity index (χ2n) is 4.94. The van der Waals surface area contributed by atoms with E-state index in [-0.39, 0.29) is 0 Å². The van der Waals surface area contributed by atoms with Crippen molar-refractivity contribution in [3.05, 3.63) is 66.4 Å². The first-order valence-corrected chi connectivity index (χ1v) is 7.08. The third-order valence-electron chi connectivity index (χ3n) is 3.48. The number of nitrogens with zero attached hydrogens (tertiary/aromatic N) is 3. The zero-order chi connectivity index (χ0) is 14.5. The van der Waals surface area contributed by atoms with Gasteiger partial charge in [-0.2, -0.15) is 10.2 Å². The molecular formula is C17H18N4. The number of nitrogens with two attached hydrogens (primary N) is 1. The van der Waals surface area contributed by atoms with Crippen LogP contribution in [-0.4, -0.2) is 23.3 Å². The molecule has 4 heteroatoms. The summed E-state index contributed by atoms with van der Waals surface area (Å²) < 4.78 is 0. The molecule has 2 N–H and O–H groups in total. The summed E-state index contributed by atoms with van der Waals surface area (Å²) in [5.41, 5.74) is 9.03. The summed E-state index contributed by atoms with van der Waals surface area (Å²) in [5, 5.41) is 9.42. The van der Waals surface area contributed by atoms with Crippen LogP contribution in [0.25, 0.3) is 10.9 Å². The Hall–Kier alpha value is -2.46. The molecule has 4 nitrogen and oxygen atoms in total.